The van der Waals surface area contributed by atoms with E-state index >= 15 is 0 Å². The van der Waals surface area contributed by atoms with Gasteiger partial charge in [0.05, 0.1) is 29.7 Å². The molecule has 0 saturated heterocycles. The van der Waals surface area contributed by atoms with Gasteiger partial charge in [0.25, 0.3) is 0 Å². The molecule has 2 aromatic rings. The van der Waals surface area contributed by atoms with E-state index in [1.165, 1.54) is 12.8 Å². The second-order valence-corrected chi connectivity index (χ2v) is 5.02. The molecule has 0 radical (unpaired) electrons. The van der Waals surface area contributed by atoms with Crippen LogP contribution >= 0.6 is 11.6 Å². The number of nitrogens with zero attached hydrogens (tertiary/aromatic N) is 3. The Kier molecular flexibility index (Phi) is 3.40. The standard InChI is InChI=1S/C13H15ClN4O/c1-19-13-6-10(4-5-12(13)14)18-11(8-16-17-18)7-15-9-2-3-9/h4-6,8-9,15H,2-3,7H2,1H3. The second-order valence-electron chi connectivity index (χ2n) is 4.61. The highest BCUT2D eigenvalue weighted by atomic mass is 35.5. The lowest BCUT2D eigenvalue weighted by atomic mass is 10.3. The van der Waals surface area contributed by atoms with Gasteiger partial charge < -0.3 is 10.1 Å². The van der Waals surface area contributed by atoms with Crippen molar-refractivity contribution in [2.24, 2.45) is 0 Å². The van der Waals surface area contributed by atoms with E-state index in [2.05, 4.69) is 15.6 Å². The molecule has 1 aliphatic carbocycles. The van der Waals surface area contributed by atoms with E-state index < -0.39 is 0 Å². The van der Waals surface area contributed by atoms with Gasteiger partial charge in [-0.05, 0) is 25.0 Å². The molecular formula is C13H15ClN4O. The molecule has 5 nitrogen and oxygen atoms in total. The molecular weight excluding hydrogens is 264 g/mol. The Balaban J connectivity index is 1.86. The summed E-state index contributed by atoms with van der Waals surface area (Å²) in [6.07, 6.45) is 4.29. The lowest BCUT2D eigenvalue weighted by Gasteiger charge is -2.09. The molecule has 1 aromatic heterocycles. The van der Waals surface area contributed by atoms with Crippen molar-refractivity contribution in [2.45, 2.75) is 25.4 Å². The second kappa shape index (κ2) is 5.19. The van der Waals surface area contributed by atoms with Crippen molar-refractivity contribution in [3.05, 3.63) is 35.1 Å². The maximum absolute atomic E-state index is 6.03. The summed E-state index contributed by atoms with van der Waals surface area (Å²) in [4.78, 5) is 0. The molecule has 100 valence electrons. The number of rotatable bonds is 5. The van der Waals surface area contributed by atoms with Crippen LogP contribution in [0.2, 0.25) is 5.02 Å². The lowest BCUT2D eigenvalue weighted by molar-refractivity contribution is 0.414. The van der Waals surface area contributed by atoms with Crippen molar-refractivity contribution in [3.63, 3.8) is 0 Å². The predicted octanol–water partition coefficient (Wildman–Crippen LogP) is 2.18. The maximum Gasteiger partial charge on any atom is 0.139 e. The van der Waals surface area contributed by atoms with Crippen LogP contribution in [0.3, 0.4) is 0 Å². The number of nitrogens with one attached hydrogen (secondary N) is 1. The first-order valence-corrected chi connectivity index (χ1v) is 6.62. The molecule has 1 fully saturated rings. The molecule has 6 heteroatoms. The molecule has 1 aliphatic rings. The predicted molar refractivity (Wildman–Crippen MR) is 72.8 cm³/mol. The average molecular weight is 279 g/mol. The highest BCUT2D eigenvalue weighted by molar-refractivity contribution is 6.32. The van der Waals surface area contributed by atoms with Crippen LogP contribution in [0, 0.1) is 0 Å². The monoisotopic (exact) mass is 278 g/mol. The van der Waals surface area contributed by atoms with Crippen LogP contribution < -0.4 is 10.1 Å². The van der Waals surface area contributed by atoms with Gasteiger partial charge in [0.2, 0.25) is 0 Å². The van der Waals surface area contributed by atoms with E-state index in [4.69, 9.17) is 16.3 Å². The van der Waals surface area contributed by atoms with Crippen LogP contribution in [0.4, 0.5) is 0 Å². The molecule has 3 rings (SSSR count). The van der Waals surface area contributed by atoms with Gasteiger partial charge in [0, 0.05) is 18.7 Å². The van der Waals surface area contributed by atoms with Crippen molar-refractivity contribution >= 4 is 11.6 Å². The topological polar surface area (TPSA) is 52.0 Å². The normalized spacial score (nSPS) is 14.6. The van der Waals surface area contributed by atoms with Crippen LogP contribution in [0.1, 0.15) is 18.5 Å². The zero-order chi connectivity index (χ0) is 13.2. The molecule has 0 bridgehead atoms. The van der Waals surface area contributed by atoms with Crippen molar-refractivity contribution in [1.82, 2.24) is 20.3 Å². The molecule has 1 saturated carbocycles. The summed E-state index contributed by atoms with van der Waals surface area (Å²) in [6.45, 7) is 0.766. The minimum atomic E-state index is 0.587. The number of ether oxygens (including phenoxy) is 1. The number of aromatic nitrogens is 3. The molecule has 19 heavy (non-hydrogen) atoms. The van der Waals surface area contributed by atoms with E-state index in [1.54, 1.807) is 24.1 Å². The van der Waals surface area contributed by atoms with Crippen molar-refractivity contribution in [3.8, 4) is 11.4 Å². The van der Waals surface area contributed by atoms with Crippen LogP contribution in [-0.4, -0.2) is 28.1 Å². The third-order valence-electron chi connectivity index (χ3n) is 3.15. The smallest absolute Gasteiger partial charge is 0.139 e. The summed E-state index contributed by atoms with van der Waals surface area (Å²) in [5, 5.41) is 12.1. The zero-order valence-electron chi connectivity index (χ0n) is 10.6. The Labute approximate surface area is 116 Å². The fourth-order valence-electron chi connectivity index (χ4n) is 1.91. The van der Waals surface area contributed by atoms with Gasteiger partial charge in [-0.2, -0.15) is 0 Å². The van der Waals surface area contributed by atoms with Gasteiger partial charge in [-0.25, -0.2) is 4.68 Å². The van der Waals surface area contributed by atoms with Gasteiger partial charge in [-0.1, -0.05) is 16.8 Å². The highest BCUT2D eigenvalue weighted by Crippen LogP contribution is 2.27. The van der Waals surface area contributed by atoms with Crippen molar-refractivity contribution in [1.29, 1.82) is 0 Å². The summed E-state index contributed by atoms with van der Waals surface area (Å²) in [6, 6.07) is 6.22. The first-order chi connectivity index (χ1) is 9.28. The highest BCUT2D eigenvalue weighted by Gasteiger charge is 2.21. The molecule has 0 spiro atoms. The van der Waals surface area contributed by atoms with Gasteiger partial charge in [-0.3, -0.25) is 0 Å². The summed E-state index contributed by atoms with van der Waals surface area (Å²) >= 11 is 6.03. The first kappa shape index (κ1) is 12.4. The summed E-state index contributed by atoms with van der Waals surface area (Å²) < 4.78 is 7.02. The maximum atomic E-state index is 6.03. The molecule has 1 N–H and O–H groups in total. The average Bonchev–Trinajstić information content (AvgIpc) is 3.14. The van der Waals surface area contributed by atoms with Crippen molar-refractivity contribution in [2.75, 3.05) is 7.11 Å². The molecule has 0 amide bonds. The van der Waals surface area contributed by atoms with Crippen LogP contribution in [-0.2, 0) is 6.54 Å². The SMILES string of the molecule is COc1cc(-n2nncc2CNC2CC2)ccc1Cl. The minimum absolute atomic E-state index is 0.587. The van der Waals surface area contributed by atoms with Gasteiger partial charge in [-0.15, -0.1) is 5.10 Å². The van der Waals surface area contributed by atoms with Gasteiger partial charge >= 0.3 is 0 Å². The number of methoxy groups -OCH3 is 1. The van der Waals surface area contributed by atoms with Crippen LogP contribution in [0.25, 0.3) is 5.69 Å². The van der Waals surface area contributed by atoms with E-state index in [0.717, 1.165) is 17.9 Å². The summed E-state index contributed by atoms with van der Waals surface area (Å²) in [5.41, 5.74) is 1.92. The molecule has 0 unspecified atom stereocenters. The lowest BCUT2D eigenvalue weighted by Crippen LogP contribution is -2.18. The summed E-state index contributed by atoms with van der Waals surface area (Å²) in [5.74, 6) is 0.635. The minimum Gasteiger partial charge on any atom is -0.495 e. The number of halogens is 1. The van der Waals surface area contributed by atoms with Gasteiger partial charge in [0.1, 0.15) is 5.75 Å². The molecule has 0 atom stereocenters. The zero-order valence-corrected chi connectivity index (χ0v) is 11.4. The molecule has 1 aromatic carbocycles. The Morgan fingerprint density at radius 3 is 3.05 bits per heavy atom. The Bertz CT molecular complexity index is 580. The Hall–Kier alpha value is -1.59. The fraction of sp³-hybridized carbons (Fsp3) is 0.385. The largest absolute Gasteiger partial charge is 0.495 e. The number of hydrogen-bond acceptors (Lipinski definition) is 4. The van der Waals surface area contributed by atoms with Crippen LogP contribution in [0.5, 0.6) is 5.75 Å². The first-order valence-electron chi connectivity index (χ1n) is 6.25. The van der Waals surface area contributed by atoms with E-state index in [9.17, 15) is 0 Å². The van der Waals surface area contributed by atoms with E-state index in [1.807, 2.05) is 12.1 Å². The quantitative estimate of drug-likeness (QED) is 0.911. The molecule has 1 heterocycles. The fourth-order valence-corrected chi connectivity index (χ4v) is 2.11. The summed E-state index contributed by atoms with van der Waals surface area (Å²) in [7, 11) is 1.60. The Morgan fingerprint density at radius 1 is 1.47 bits per heavy atom. The third-order valence-corrected chi connectivity index (χ3v) is 3.46. The van der Waals surface area contributed by atoms with Gasteiger partial charge in [0.15, 0.2) is 0 Å². The van der Waals surface area contributed by atoms with E-state index in [-0.39, 0.29) is 0 Å². The number of hydrogen-bond donors (Lipinski definition) is 1. The Morgan fingerprint density at radius 2 is 2.32 bits per heavy atom. The van der Waals surface area contributed by atoms with E-state index in [0.29, 0.717) is 16.8 Å². The number of benzene rings is 1. The van der Waals surface area contributed by atoms with Crippen LogP contribution in [0.15, 0.2) is 24.4 Å². The molecule has 0 aliphatic heterocycles. The third kappa shape index (κ3) is 2.72. The van der Waals surface area contributed by atoms with Crippen molar-refractivity contribution < 1.29 is 4.74 Å².